The number of hydrogen-bond acceptors (Lipinski definition) is 3. The van der Waals surface area contributed by atoms with E-state index in [4.69, 9.17) is 0 Å². The van der Waals surface area contributed by atoms with Crippen molar-refractivity contribution in [3.63, 3.8) is 0 Å². The monoisotopic (exact) mass is 317 g/mol. The first-order chi connectivity index (χ1) is 11.7. The number of amides is 1. The third-order valence-corrected chi connectivity index (χ3v) is 3.14. The maximum Gasteiger partial charge on any atom is 0.251 e. The predicted octanol–water partition coefficient (Wildman–Crippen LogP) is 5.43. The Labute approximate surface area is 141 Å². The van der Waals surface area contributed by atoms with Gasteiger partial charge in [0.15, 0.2) is 0 Å². The van der Waals surface area contributed by atoms with Crippen LogP contribution in [0.4, 0.5) is 11.4 Å². The minimum atomic E-state index is -0.166. The van der Waals surface area contributed by atoms with Gasteiger partial charge in [0.2, 0.25) is 0 Å². The van der Waals surface area contributed by atoms with Gasteiger partial charge in [-0.25, -0.2) is 0 Å². The van der Waals surface area contributed by atoms with Crippen molar-refractivity contribution in [2.24, 2.45) is 10.2 Å². The Bertz CT molecular complexity index is 775. The molecule has 0 aromatic heterocycles. The van der Waals surface area contributed by atoms with Gasteiger partial charge in [-0.1, -0.05) is 49.1 Å². The fourth-order valence-electron chi connectivity index (χ4n) is 1.79. The molecule has 0 radical (unpaired) electrons. The molecule has 4 nitrogen and oxygen atoms in total. The molecule has 4 heteroatoms. The molecule has 24 heavy (non-hydrogen) atoms. The lowest BCUT2D eigenvalue weighted by atomic mass is 10.2. The van der Waals surface area contributed by atoms with E-state index in [1.54, 1.807) is 25.2 Å². The number of para-hydroxylation sites is 1. The highest BCUT2D eigenvalue weighted by Gasteiger charge is 2.03. The fraction of sp³-hybridized carbons (Fsp3) is 0.0500. The standard InChI is InChI=1S/C20H19N3O/c1-3-17(22-23-19-12-8-5-9-13-19)15-14-16(2)20(24)21-18-10-6-4-7-11-18/h3-15H,1H2,2H3,(H,21,24)/b16-14+,17-15+,23-22+. The molecule has 0 saturated carbocycles. The number of rotatable bonds is 6. The number of nitrogens with zero attached hydrogens (tertiary/aromatic N) is 2. The van der Waals surface area contributed by atoms with Gasteiger partial charge in [0.25, 0.3) is 5.91 Å². The van der Waals surface area contributed by atoms with E-state index in [1.807, 2.05) is 60.7 Å². The van der Waals surface area contributed by atoms with Crippen LogP contribution in [0.5, 0.6) is 0 Å². The van der Waals surface area contributed by atoms with Gasteiger partial charge in [-0.05, 0) is 43.3 Å². The van der Waals surface area contributed by atoms with Gasteiger partial charge in [-0.2, -0.15) is 10.2 Å². The molecule has 0 heterocycles. The van der Waals surface area contributed by atoms with Gasteiger partial charge in [0.1, 0.15) is 0 Å². The summed E-state index contributed by atoms with van der Waals surface area (Å²) < 4.78 is 0. The second-order valence-corrected chi connectivity index (χ2v) is 5.00. The SMILES string of the molecule is C=CC(=C\C=C(/C)C(=O)Nc1ccccc1)/N=N/c1ccccc1. The second kappa shape index (κ2) is 9.00. The average Bonchev–Trinajstić information content (AvgIpc) is 2.63. The maximum absolute atomic E-state index is 12.1. The van der Waals surface area contributed by atoms with E-state index < -0.39 is 0 Å². The molecule has 0 aliphatic carbocycles. The Kier molecular flexibility index (Phi) is 6.41. The summed E-state index contributed by atoms with van der Waals surface area (Å²) in [4.78, 5) is 12.1. The van der Waals surface area contributed by atoms with Crippen LogP contribution in [0.3, 0.4) is 0 Å². The fourth-order valence-corrected chi connectivity index (χ4v) is 1.79. The Balaban J connectivity index is 2.04. The molecule has 0 aliphatic rings. The molecule has 0 atom stereocenters. The molecule has 120 valence electrons. The second-order valence-electron chi connectivity index (χ2n) is 5.00. The summed E-state index contributed by atoms with van der Waals surface area (Å²) in [5.41, 5.74) is 2.65. The first kappa shape index (κ1) is 17.1. The number of allylic oxidation sites excluding steroid dienone is 3. The molecule has 2 aromatic carbocycles. The summed E-state index contributed by atoms with van der Waals surface area (Å²) >= 11 is 0. The van der Waals surface area contributed by atoms with Crippen LogP contribution in [0, 0.1) is 0 Å². The van der Waals surface area contributed by atoms with Gasteiger partial charge in [0, 0.05) is 11.3 Å². The van der Waals surface area contributed by atoms with E-state index in [2.05, 4.69) is 22.1 Å². The number of nitrogens with one attached hydrogen (secondary N) is 1. The van der Waals surface area contributed by atoms with Crippen LogP contribution >= 0.6 is 0 Å². The molecular formula is C20H19N3O. The summed E-state index contributed by atoms with van der Waals surface area (Å²) in [6.07, 6.45) is 4.99. The summed E-state index contributed by atoms with van der Waals surface area (Å²) in [6.45, 7) is 5.45. The molecule has 2 aromatic rings. The van der Waals surface area contributed by atoms with Crippen molar-refractivity contribution in [2.75, 3.05) is 5.32 Å². The van der Waals surface area contributed by atoms with Crippen molar-refractivity contribution < 1.29 is 4.79 Å². The van der Waals surface area contributed by atoms with Gasteiger partial charge in [-0.15, -0.1) is 0 Å². The summed E-state index contributed by atoms with van der Waals surface area (Å²) in [5.74, 6) is -0.166. The maximum atomic E-state index is 12.1. The number of hydrogen-bond donors (Lipinski definition) is 1. The number of carbonyl (C=O) groups excluding carboxylic acids is 1. The number of benzene rings is 2. The summed E-state index contributed by atoms with van der Waals surface area (Å²) in [5, 5.41) is 11.1. The molecule has 1 N–H and O–H groups in total. The molecule has 0 bridgehead atoms. The first-order valence-corrected chi connectivity index (χ1v) is 7.53. The van der Waals surface area contributed by atoms with Crippen LogP contribution in [-0.4, -0.2) is 5.91 Å². The number of azo groups is 1. The van der Waals surface area contributed by atoms with Crippen LogP contribution in [-0.2, 0) is 4.79 Å². The Morgan fingerprint density at radius 3 is 2.25 bits per heavy atom. The molecule has 0 aliphatic heterocycles. The summed E-state index contributed by atoms with van der Waals surface area (Å²) in [6, 6.07) is 18.7. The number of anilines is 1. The summed E-state index contributed by atoms with van der Waals surface area (Å²) in [7, 11) is 0. The molecule has 0 spiro atoms. The zero-order chi connectivity index (χ0) is 17.2. The minimum absolute atomic E-state index is 0.166. The molecule has 0 saturated heterocycles. The molecule has 0 fully saturated rings. The van der Waals surface area contributed by atoms with E-state index in [9.17, 15) is 4.79 Å². The van der Waals surface area contributed by atoms with Crippen molar-refractivity contribution in [1.82, 2.24) is 0 Å². The number of carbonyl (C=O) groups is 1. The highest BCUT2D eigenvalue weighted by molar-refractivity contribution is 6.03. The topological polar surface area (TPSA) is 53.8 Å². The van der Waals surface area contributed by atoms with Crippen LogP contribution in [0.15, 0.2) is 107 Å². The third-order valence-electron chi connectivity index (χ3n) is 3.14. The zero-order valence-electron chi connectivity index (χ0n) is 13.5. The lowest BCUT2D eigenvalue weighted by Gasteiger charge is -2.04. The lowest BCUT2D eigenvalue weighted by molar-refractivity contribution is -0.112. The smallest absolute Gasteiger partial charge is 0.251 e. The Morgan fingerprint density at radius 1 is 1.00 bits per heavy atom. The average molecular weight is 317 g/mol. The quantitative estimate of drug-likeness (QED) is 0.431. The third kappa shape index (κ3) is 5.50. The minimum Gasteiger partial charge on any atom is -0.322 e. The van der Waals surface area contributed by atoms with Gasteiger partial charge in [-0.3, -0.25) is 4.79 Å². The normalized spacial score (nSPS) is 12.2. The van der Waals surface area contributed by atoms with Crippen molar-refractivity contribution in [1.29, 1.82) is 0 Å². The van der Waals surface area contributed by atoms with Crippen molar-refractivity contribution in [3.8, 4) is 0 Å². The Hall–Kier alpha value is -3.27. The highest BCUT2D eigenvalue weighted by atomic mass is 16.1. The van der Waals surface area contributed by atoms with Crippen LogP contribution < -0.4 is 5.32 Å². The lowest BCUT2D eigenvalue weighted by Crippen LogP contribution is -2.12. The first-order valence-electron chi connectivity index (χ1n) is 7.53. The van der Waals surface area contributed by atoms with E-state index in [1.165, 1.54) is 0 Å². The van der Waals surface area contributed by atoms with Crippen LogP contribution in [0.25, 0.3) is 0 Å². The van der Waals surface area contributed by atoms with E-state index in [0.29, 0.717) is 11.3 Å². The Morgan fingerprint density at radius 2 is 1.62 bits per heavy atom. The van der Waals surface area contributed by atoms with Gasteiger partial charge >= 0.3 is 0 Å². The van der Waals surface area contributed by atoms with Crippen molar-refractivity contribution in [2.45, 2.75) is 6.92 Å². The van der Waals surface area contributed by atoms with E-state index in [0.717, 1.165) is 11.4 Å². The van der Waals surface area contributed by atoms with Crippen LogP contribution in [0.1, 0.15) is 6.92 Å². The van der Waals surface area contributed by atoms with Crippen molar-refractivity contribution in [3.05, 3.63) is 96.7 Å². The molecule has 0 unspecified atom stereocenters. The van der Waals surface area contributed by atoms with Crippen LogP contribution in [0.2, 0.25) is 0 Å². The largest absolute Gasteiger partial charge is 0.322 e. The zero-order valence-corrected chi connectivity index (χ0v) is 13.5. The van der Waals surface area contributed by atoms with E-state index >= 15 is 0 Å². The van der Waals surface area contributed by atoms with E-state index in [-0.39, 0.29) is 5.91 Å². The molecule has 1 amide bonds. The molecule has 2 rings (SSSR count). The van der Waals surface area contributed by atoms with Gasteiger partial charge in [0.05, 0.1) is 11.4 Å². The highest BCUT2D eigenvalue weighted by Crippen LogP contribution is 2.13. The molecular weight excluding hydrogens is 298 g/mol. The predicted molar refractivity (Wildman–Crippen MR) is 98.1 cm³/mol. The van der Waals surface area contributed by atoms with Gasteiger partial charge < -0.3 is 5.32 Å². The van der Waals surface area contributed by atoms with Crippen molar-refractivity contribution >= 4 is 17.3 Å².